The van der Waals surface area contributed by atoms with E-state index in [9.17, 15) is 72.9 Å². The molecule has 0 aliphatic carbocycles. The van der Waals surface area contributed by atoms with Gasteiger partial charge in [0, 0.05) is 49.5 Å². The van der Waals surface area contributed by atoms with Crippen molar-refractivity contribution in [1.82, 2.24) is 52.0 Å². The number of carbonyl (C=O) groups is 12. The van der Waals surface area contributed by atoms with Crippen LogP contribution in [0, 0.1) is 0 Å². The number of likely N-dealkylation sites (tertiary alicyclic amines) is 2. The Labute approximate surface area is 434 Å². The van der Waals surface area contributed by atoms with Crippen LogP contribution in [0.3, 0.4) is 0 Å². The number of nitrogens with zero attached hydrogens (tertiary/aromatic N) is 2. The number of carboxylic acid groups (broad SMARTS) is 1. The molecule has 4 rings (SSSR count). The van der Waals surface area contributed by atoms with Gasteiger partial charge in [0.05, 0.1) is 32.3 Å². The number of benzene rings is 1. The van der Waals surface area contributed by atoms with Crippen molar-refractivity contribution in [2.24, 2.45) is 17.2 Å². The van der Waals surface area contributed by atoms with Crippen LogP contribution in [0.1, 0.15) is 63.4 Å². The number of aliphatic hydroxyl groups excluding tert-OH is 2. The second kappa shape index (κ2) is 29.5. The van der Waals surface area contributed by atoms with E-state index in [2.05, 4.69) is 36.9 Å². The lowest BCUT2D eigenvalue weighted by atomic mass is 10.0. The predicted molar refractivity (Wildman–Crippen MR) is 267 cm³/mol. The summed E-state index contributed by atoms with van der Waals surface area (Å²) in [5.74, 6) is -10.1. The molecule has 1 aromatic carbocycles. The van der Waals surface area contributed by atoms with E-state index in [1.807, 2.05) is 5.32 Å². The molecule has 11 amide bonds. The molecule has 0 bridgehead atoms. The molecule has 75 heavy (non-hydrogen) atoms. The molecule has 1 aromatic heterocycles. The molecule has 17 N–H and O–H groups in total. The molecule has 8 atom stereocenters. The van der Waals surface area contributed by atoms with Crippen molar-refractivity contribution in [3.05, 3.63) is 36.0 Å². The van der Waals surface area contributed by atoms with E-state index in [4.69, 9.17) is 17.2 Å². The number of H-pyrrole nitrogens is 1. The van der Waals surface area contributed by atoms with E-state index < -0.39 is 158 Å². The number of thioether (sulfide) groups is 1. The fourth-order valence-corrected chi connectivity index (χ4v) is 8.90. The highest BCUT2D eigenvalue weighted by Gasteiger charge is 2.42. The zero-order valence-electron chi connectivity index (χ0n) is 41.3. The molecule has 0 radical (unpaired) electrons. The SMILES string of the molecule is CSCC[C@H](NC(=O)CNC(=O)[C@@H]1CCCN1C(=O)[C@@H]1CCCN1C(=O)CNC(=O)[C@@H](N)CCC(N)=O)C(=O)N[C@@H](Cc1c[nH]c2ccccc12)C(=O)N[C@@H](CO)C(=O)N[C@@H](CCC(N)=O)C(=O)N[C@@H](CO)C(=O)O. The van der Waals surface area contributed by atoms with Crippen LogP contribution in [0.5, 0.6) is 0 Å². The van der Waals surface area contributed by atoms with Gasteiger partial charge in [0.1, 0.15) is 42.3 Å². The lowest BCUT2D eigenvalue weighted by Gasteiger charge is -2.31. The van der Waals surface area contributed by atoms with Crippen LogP contribution in [0.15, 0.2) is 30.5 Å². The highest BCUT2D eigenvalue weighted by molar-refractivity contribution is 7.98. The molecular weight excluding hydrogens is 1010 g/mol. The normalized spacial score (nSPS) is 17.5. The minimum absolute atomic E-state index is 0.0205. The standard InChI is InChI=1S/C46H67N13O15S/c1-75-17-14-29(53-37(64)20-51-44(71)33-8-4-16-59(33)45(72)34-9-5-15-58(34)38(65)21-52-39(66)26(47)10-12-35(48)62)41(68)55-30(18-24-19-50-27-7-3-2-6-25(24)27)42(69)56-31(22-60)43(70)54-28(11-13-36(49)63)40(67)57-32(23-61)46(73)74/h2-3,6-7,19,26,28-34,50,60-61H,4-5,8-18,20-23,47H2,1H3,(H2,48,62)(H2,49,63)(H,51,71)(H,52,66)(H,53,64)(H,54,70)(H,55,68)(H,56,69)(H,57,67)(H,73,74)/t26-,28-,29-,30-,31-,32-,33-,34-/m0/s1. The summed E-state index contributed by atoms with van der Waals surface area (Å²) in [7, 11) is 0. The molecular formula is C46H67N13O15S. The Morgan fingerprint density at radius 3 is 1.88 bits per heavy atom. The average molecular weight is 1070 g/mol. The summed E-state index contributed by atoms with van der Waals surface area (Å²) in [6, 6.07) is -3.94. The zero-order chi connectivity index (χ0) is 55.4. The van der Waals surface area contributed by atoms with Crippen molar-refractivity contribution in [2.75, 3.05) is 51.4 Å². The first kappa shape index (κ1) is 60.2. The second-order valence-electron chi connectivity index (χ2n) is 17.9. The Bertz CT molecular complexity index is 2420. The average Bonchev–Trinajstić information content (AvgIpc) is 4.18. The number of rotatable bonds is 30. The molecule has 0 saturated carbocycles. The number of primary amides is 2. The number of amides is 11. The monoisotopic (exact) mass is 1070 g/mol. The molecule has 2 aliphatic heterocycles. The molecule has 2 fully saturated rings. The van der Waals surface area contributed by atoms with Crippen molar-refractivity contribution in [3.63, 3.8) is 0 Å². The van der Waals surface area contributed by atoms with Crippen LogP contribution in [0.4, 0.5) is 0 Å². The van der Waals surface area contributed by atoms with E-state index in [1.54, 1.807) is 36.7 Å². The molecule has 0 spiro atoms. The molecule has 3 heterocycles. The summed E-state index contributed by atoms with van der Waals surface area (Å²) >= 11 is 1.34. The largest absolute Gasteiger partial charge is 0.480 e. The van der Waals surface area contributed by atoms with Gasteiger partial charge in [-0.15, -0.1) is 0 Å². The van der Waals surface area contributed by atoms with Crippen LogP contribution in [-0.4, -0.2) is 201 Å². The van der Waals surface area contributed by atoms with E-state index in [0.29, 0.717) is 41.5 Å². The Morgan fingerprint density at radius 2 is 1.24 bits per heavy atom. The minimum atomic E-state index is -1.79. The molecule has 0 unspecified atom stereocenters. The Hall–Kier alpha value is -7.37. The number of aromatic nitrogens is 1. The number of nitrogens with two attached hydrogens (primary N) is 3. The zero-order valence-corrected chi connectivity index (χ0v) is 42.1. The second-order valence-corrected chi connectivity index (χ2v) is 18.9. The smallest absolute Gasteiger partial charge is 0.328 e. The number of carbonyl (C=O) groups excluding carboxylic acids is 11. The maximum absolute atomic E-state index is 14.1. The van der Waals surface area contributed by atoms with Gasteiger partial charge in [-0.25, -0.2) is 4.79 Å². The number of aliphatic carboxylic acids is 1. The van der Waals surface area contributed by atoms with Crippen molar-refractivity contribution < 1.29 is 72.9 Å². The van der Waals surface area contributed by atoms with Crippen LogP contribution >= 0.6 is 11.8 Å². The molecule has 2 saturated heterocycles. The quantitative estimate of drug-likeness (QED) is 0.0346. The summed E-state index contributed by atoms with van der Waals surface area (Å²) in [6.07, 6.45) is 3.63. The summed E-state index contributed by atoms with van der Waals surface area (Å²) in [4.78, 5) is 161. The van der Waals surface area contributed by atoms with Gasteiger partial charge in [-0.05, 0) is 68.6 Å². The minimum Gasteiger partial charge on any atom is -0.480 e. The fraction of sp³-hybridized carbons (Fsp3) is 0.565. The van der Waals surface area contributed by atoms with E-state index >= 15 is 0 Å². The number of nitrogens with one attached hydrogen (secondary N) is 8. The highest BCUT2D eigenvalue weighted by atomic mass is 32.2. The van der Waals surface area contributed by atoms with Crippen LogP contribution in [-0.2, 0) is 64.0 Å². The lowest BCUT2D eigenvalue weighted by Crippen LogP contribution is -2.60. The van der Waals surface area contributed by atoms with Gasteiger partial charge in [0.25, 0.3) is 0 Å². The van der Waals surface area contributed by atoms with Crippen molar-refractivity contribution in [2.45, 2.75) is 113 Å². The van der Waals surface area contributed by atoms with Gasteiger partial charge in [0.2, 0.25) is 65.0 Å². The molecule has 28 nitrogen and oxygen atoms in total. The summed E-state index contributed by atoms with van der Waals surface area (Å²) in [5, 5.41) is 46.4. The Kier molecular flexibility index (Phi) is 23.7. The fourth-order valence-electron chi connectivity index (χ4n) is 8.43. The third-order valence-corrected chi connectivity index (χ3v) is 13.1. The Balaban J connectivity index is 1.43. The first-order valence-electron chi connectivity index (χ1n) is 24.2. The number of fused-ring (bicyclic) bond motifs is 1. The molecule has 29 heteroatoms. The van der Waals surface area contributed by atoms with Gasteiger partial charge < -0.3 is 84.5 Å². The van der Waals surface area contributed by atoms with Crippen molar-refractivity contribution in [3.8, 4) is 0 Å². The lowest BCUT2D eigenvalue weighted by molar-refractivity contribution is -0.146. The van der Waals surface area contributed by atoms with Gasteiger partial charge in [-0.3, -0.25) is 52.7 Å². The molecule has 2 aliphatic rings. The first-order chi connectivity index (χ1) is 35.7. The van der Waals surface area contributed by atoms with E-state index in [0.717, 1.165) is 0 Å². The van der Waals surface area contributed by atoms with Gasteiger partial charge in [-0.2, -0.15) is 11.8 Å². The number of para-hydroxylation sites is 1. The van der Waals surface area contributed by atoms with E-state index in [1.165, 1.54) is 21.6 Å². The summed E-state index contributed by atoms with van der Waals surface area (Å²) in [5.41, 5.74) is 17.4. The number of carboxylic acids is 1. The summed E-state index contributed by atoms with van der Waals surface area (Å²) < 4.78 is 0. The predicted octanol–water partition coefficient (Wildman–Crippen LogP) is -5.97. The first-order valence-corrected chi connectivity index (χ1v) is 25.6. The number of hydrogen-bond donors (Lipinski definition) is 14. The number of aliphatic hydroxyl groups is 2. The maximum atomic E-state index is 14.1. The summed E-state index contributed by atoms with van der Waals surface area (Å²) in [6.45, 7) is -2.74. The third-order valence-electron chi connectivity index (χ3n) is 12.5. The third kappa shape index (κ3) is 17.9. The maximum Gasteiger partial charge on any atom is 0.328 e. The highest BCUT2D eigenvalue weighted by Crippen LogP contribution is 2.25. The van der Waals surface area contributed by atoms with Crippen LogP contribution in [0.25, 0.3) is 10.9 Å². The number of hydrogen-bond acceptors (Lipinski definition) is 16. The topological polar surface area (TPSA) is 450 Å². The Morgan fingerprint density at radius 1 is 0.680 bits per heavy atom. The molecule has 2 aromatic rings. The van der Waals surface area contributed by atoms with Gasteiger partial charge in [-0.1, -0.05) is 18.2 Å². The van der Waals surface area contributed by atoms with E-state index in [-0.39, 0.29) is 45.2 Å². The van der Waals surface area contributed by atoms with Gasteiger partial charge >= 0.3 is 5.97 Å². The van der Waals surface area contributed by atoms with Gasteiger partial charge in [0.15, 0.2) is 0 Å². The molecule has 412 valence electrons. The van der Waals surface area contributed by atoms with Crippen LogP contribution in [0.2, 0.25) is 0 Å². The van der Waals surface area contributed by atoms with Crippen LogP contribution < -0.4 is 54.4 Å². The van der Waals surface area contributed by atoms with Crippen molar-refractivity contribution in [1.29, 1.82) is 0 Å². The van der Waals surface area contributed by atoms with Crippen molar-refractivity contribution >= 4 is 93.6 Å². The number of aromatic amines is 1.